The Morgan fingerprint density at radius 1 is 1.28 bits per heavy atom. The van der Waals surface area contributed by atoms with Gasteiger partial charge in [-0.1, -0.05) is 11.3 Å². The lowest BCUT2D eigenvalue weighted by Crippen LogP contribution is -2.28. The molecule has 0 amide bonds. The second-order valence-corrected chi connectivity index (χ2v) is 5.24. The van der Waals surface area contributed by atoms with Crippen molar-refractivity contribution in [3.8, 4) is 0 Å². The quantitative estimate of drug-likeness (QED) is 0.779. The van der Waals surface area contributed by atoms with Crippen LogP contribution in [0.4, 0.5) is 5.13 Å². The van der Waals surface area contributed by atoms with Gasteiger partial charge in [-0.05, 0) is 14.1 Å². The van der Waals surface area contributed by atoms with E-state index >= 15 is 0 Å². The molecule has 0 saturated heterocycles. The number of Topliss-reactive ketones (excluding diaryl/α,β-unsaturated/α-hetero) is 1. The van der Waals surface area contributed by atoms with E-state index in [1.165, 1.54) is 6.92 Å². The molecule has 0 unspecified atom stereocenters. The van der Waals surface area contributed by atoms with Gasteiger partial charge >= 0.3 is 5.97 Å². The third-order valence-electron chi connectivity index (χ3n) is 2.35. The van der Waals surface area contributed by atoms with Gasteiger partial charge in [-0.3, -0.25) is 4.79 Å². The molecule has 7 heteroatoms. The van der Waals surface area contributed by atoms with E-state index in [1.54, 1.807) is 0 Å². The van der Waals surface area contributed by atoms with E-state index in [0.29, 0.717) is 5.13 Å². The number of likely N-dealkylation sites (N-methyl/N-ethyl adjacent to an activating group) is 2. The van der Waals surface area contributed by atoms with Crippen molar-refractivity contribution >= 4 is 28.2 Å². The predicted molar refractivity (Wildman–Crippen MR) is 70.9 cm³/mol. The lowest BCUT2D eigenvalue weighted by molar-refractivity contribution is 0.0687. The molecule has 6 nitrogen and oxygen atoms in total. The van der Waals surface area contributed by atoms with Gasteiger partial charge in [-0.2, -0.15) is 0 Å². The van der Waals surface area contributed by atoms with E-state index in [1.807, 2.05) is 30.9 Å². The number of aromatic carboxylic acids is 1. The Hall–Kier alpha value is -1.47. The van der Waals surface area contributed by atoms with Crippen molar-refractivity contribution in [3.05, 3.63) is 10.6 Å². The zero-order valence-electron chi connectivity index (χ0n) is 10.9. The first-order chi connectivity index (χ1) is 8.32. The van der Waals surface area contributed by atoms with Crippen molar-refractivity contribution < 1.29 is 14.7 Å². The highest BCUT2D eigenvalue weighted by Gasteiger charge is 2.21. The molecule has 1 heterocycles. The molecule has 18 heavy (non-hydrogen) atoms. The Morgan fingerprint density at radius 2 is 1.89 bits per heavy atom. The highest BCUT2D eigenvalue weighted by Crippen LogP contribution is 2.26. The first-order valence-electron chi connectivity index (χ1n) is 5.44. The summed E-state index contributed by atoms with van der Waals surface area (Å²) < 4.78 is 0. The maximum absolute atomic E-state index is 11.4. The van der Waals surface area contributed by atoms with E-state index in [9.17, 15) is 9.59 Å². The summed E-state index contributed by atoms with van der Waals surface area (Å²) >= 11 is 1.12. The van der Waals surface area contributed by atoms with E-state index in [-0.39, 0.29) is 16.4 Å². The van der Waals surface area contributed by atoms with Gasteiger partial charge in [-0.15, -0.1) is 0 Å². The minimum absolute atomic E-state index is 0.154. The van der Waals surface area contributed by atoms with E-state index in [4.69, 9.17) is 5.11 Å². The van der Waals surface area contributed by atoms with Crippen molar-refractivity contribution in [1.82, 2.24) is 9.88 Å². The smallest absolute Gasteiger partial charge is 0.356 e. The SMILES string of the molecule is CC(=O)c1sc(N(C)CCN(C)C)nc1C(=O)O. The summed E-state index contributed by atoms with van der Waals surface area (Å²) in [6.07, 6.45) is 0. The van der Waals surface area contributed by atoms with E-state index in [2.05, 4.69) is 4.98 Å². The number of ketones is 1. The molecule has 1 N–H and O–H groups in total. The second-order valence-electron chi connectivity index (χ2n) is 4.26. The van der Waals surface area contributed by atoms with Gasteiger partial charge in [0.1, 0.15) is 4.88 Å². The summed E-state index contributed by atoms with van der Waals surface area (Å²) in [5, 5.41) is 9.55. The summed E-state index contributed by atoms with van der Waals surface area (Å²) in [6.45, 7) is 2.90. The zero-order chi connectivity index (χ0) is 13.9. The summed E-state index contributed by atoms with van der Waals surface area (Å²) in [5.74, 6) is -1.43. The number of nitrogens with zero attached hydrogens (tertiary/aromatic N) is 3. The fourth-order valence-electron chi connectivity index (χ4n) is 1.30. The molecule has 0 aliphatic carbocycles. The highest BCUT2D eigenvalue weighted by atomic mass is 32.1. The van der Waals surface area contributed by atoms with Crippen LogP contribution in [0, 0.1) is 0 Å². The van der Waals surface area contributed by atoms with E-state index in [0.717, 1.165) is 24.4 Å². The third kappa shape index (κ3) is 3.51. The second kappa shape index (κ2) is 5.92. The minimum Gasteiger partial charge on any atom is -0.476 e. The largest absolute Gasteiger partial charge is 0.476 e. The third-order valence-corrected chi connectivity index (χ3v) is 3.62. The van der Waals surface area contributed by atoms with Crippen molar-refractivity contribution in [2.45, 2.75) is 6.92 Å². The molecular weight excluding hydrogens is 254 g/mol. The minimum atomic E-state index is -1.16. The van der Waals surface area contributed by atoms with Crippen LogP contribution in [0.5, 0.6) is 0 Å². The molecule has 0 bridgehead atoms. The van der Waals surface area contributed by atoms with Crippen LogP contribution in [0.25, 0.3) is 0 Å². The monoisotopic (exact) mass is 271 g/mol. The molecule has 0 spiro atoms. The summed E-state index contributed by atoms with van der Waals surface area (Å²) in [5.41, 5.74) is -0.154. The Kier molecular flexibility index (Phi) is 4.80. The average Bonchev–Trinajstić information content (AvgIpc) is 2.70. The van der Waals surface area contributed by atoms with Crippen LogP contribution in [0.1, 0.15) is 27.1 Å². The Morgan fingerprint density at radius 3 is 2.28 bits per heavy atom. The molecule has 0 aromatic carbocycles. The van der Waals surface area contributed by atoms with Gasteiger partial charge in [0, 0.05) is 27.1 Å². The first kappa shape index (κ1) is 14.6. The van der Waals surface area contributed by atoms with Gasteiger partial charge in [0.15, 0.2) is 16.6 Å². The maximum atomic E-state index is 11.4. The van der Waals surface area contributed by atoms with Crippen LogP contribution in [-0.2, 0) is 0 Å². The molecule has 0 aliphatic heterocycles. The first-order valence-corrected chi connectivity index (χ1v) is 6.25. The van der Waals surface area contributed by atoms with Crippen molar-refractivity contribution in [2.24, 2.45) is 0 Å². The van der Waals surface area contributed by atoms with Crippen LogP contribution < -0.4 is 4.90 Å². The van der Waals surface area contributed by atoms with Gasteiger partial charge in [0.05, 0.1) is 0 Å². The Bertz CT molecular complexity index is 425. The van der Waals surface area contributed by atoms with Crippen LogP contribution in [-0.4, -0.2) is 61.0 Å². The number of thiazole rings is 1. The van der Waals surface area contributed by atoms with Gasteiger partial charge in [-0.25, -0.2) is 9.78 Å². The fourth-order valence-corrected chi connectivity index (χ4v) is 2.24. The summed E-state index contributed by atoms with van der Waals surface area (Å²) in [4.78, 5) is 30.4. The van der Waals surface area contributed by atoms with Gasteiger partial charge in [0.2, 0.25) is 0 Å². The number of carbonyl (C=O) groups excluding carboxylic acids is 1. The molecule has 1 rings (SSSR count). The normalized spacial score (nSPS) is 10.7. The molecule has 0 atom stereocenters. The number of hydrogen-bond donors (Lipinski definition) is 1. The van der Waals surface area contributed by atoms with Crippen LogP contribution >= 0.6 is 11.3 Å². The molecule has 0 saturated carbocycles. The lowest BCUT2D eigenvalue weighted by atomic mass is 10.3. The number of carboxylic acid groups (broad SMARTS) is 1. The molecule has 0 fully saturated rings. The van der Waals surface area contributed by atoms with Crippen molar-refractivity contribution in [1.29, 1.82) is 0 Å². The Labute approximate surface area is 110 Å². The number of aromatic nitrogens is 1. The number of carboxylic acids is 1. The van der Waals surface area contributed by atoms with E-state index < -0.39 is 5.97 Å². The van der Waals surface area contributed by atoms with Crippen LogP contribution in [0.15, 0.2) is 0 Å². The number of hydrogen-bond acceptors (Lipinski definition) is 6. The highest BCUT2D eigenvalue weighted by molar-refractivity contribution is 7.17. The molecule has 1 aromatic heterocycles. The summed E-state index contributed by atoms with van der Waals surface area (Å²) in [7, 11) is 5.75. The number of anilines is 1. The standard InChI is InChI=1S/C11H17N3O3S/c1-7(15)9-8(10(16)17)12-11(18-9)14(4)6-5-13(2)3/h5-6H2,1-4H3,(H,16,17). The van der Waals surface area contributed by atoms with Crippen LogP contribution in [0.3, 0.4) is 0 Å². The molecule has 0 radical (unpaired) electrons. The molecule has 0 aliphatic rings. The van der Waals surface area contributed by atoms with Gasteiger partial charge < -0.3 is 14.9 Å². The molecule has 100 valence electrons. The predicted octanol–water partition coefficient (Wildman–Crippen LogP) is 1.04. The zero-order valence-corrected chi connectivity index (χ0v) is 11.7. The maximum Gasteiger partial charge on any atom is 0.356 e. The fraction of sp³-hybridized carbons (Fsp3) is 0.545. The summed E-state index contributed by atoms with van der Waals surface area (Å²) in [6, 6.07) is 0. The number of carbonyl (C=O) groups is 2. The molecule has 1 aromatic rings. The van der Waals surface area contributed by atoms with Crippen molar-refractivity contribution in [2.75, 3.05) is 39.1 Å². The van der Waals surface area contributed by atoms with Crippen molar-refractivity contribution in [3.63, 3.8) is 0 Å². The topological polar surface area (TPSA) is 73.7 Å². The average molecular weight is 271 g/mol. The van der Waals surface area contributed by atoms with Gasteiger partial charge in [0.25, 0.3) is 0 Å². The Balaban J connectivity index is 2.93. The number of rotatable bonds is 6. The van der Waals surface area contributed by atoms with Crippen LogP contribution in [0.2, 0.25) is 0 Å². The molecular formula is C11H17N3O3S. The lowest BCUT2D eigenvalue weighted by Gasteiger charge is -2.18.